The van der Waals surface area contributed by atoms with Crippen LogP contribution in [-0.4, -0.2) is 27.1 Å². The summed E-state index contributed by atoms with van der Waals surface area (Å²) < 4.78 is 21.3. The molecule has 118 valence electrons. The molecule has 0 fully saturated rings. The van der Waals surface area contributed by atoms with Gasteiger partial charge in [-0.2, -0.15) is 0 Å². The Bertz CT molecular complexity index is 863. The van der Waals surface area contributed by atoms with Crippen molar-refractivity contribution in [3.8, 4) is 17.2 Å². The van der Waals surface area contributed by atoms with Crippen LogP contribution >= 0.6 is 0 Å². The zero-order valence-corrected chi connectivity index (χ0v) is 13.1. The molecule has 0 saturated carbocycles. The predicted octanol–water partition coefficient (Wildman–Crippen LogP) is 3.69. The molecule has 3 aromatic rings. The highest BCUT2D eigenvalue weighted by molar-refractivity contribution is 6.10. The van der Waals surface area contributed by atoms with Gasteiger partial charge in [0, 0.05) is 5.39 Å². The maximum absolute atomic E-state index is 12.8. The first kappa shape index (κ1) is 15.0. The third-order valence-electron chi connectivity index (χ3n) is 3.60. The van der Waals surface area contributed by atoms with E-state index in [1.165, 1.54) is 7.11 Å². The smallest absolute Gasteiger partial charge is 0.232 e. The average Bonchev–Trinajstić information content (AvgIpc) is 3.03. The van der Waals surface area contributed by atoms with Crippen molar-refractivity contribution >= 4 is 16.8 Å². The quantitative estimate of drug-likeness (QED) is 0.672. The summed E-state index contributed by atoms with van der Waals surface area (Å²) in [5, 5.41) is 0.801. The lowest BCUT2D eigenvalue weighted by Gasteiger charge is -2.08. The number of rotatable bonds is 5. The van der Waals surface area contributed by atoms with E-state index in [1.807, 2.05) is 6.07 Å². The molecule has 0 spiro atoms. The van der Waals surface area contributed by atoms with Gasteiger partial charge in [0.25, 0.3) is 0 Å². The summed E-state index contributed by atoms with van der Waals surface area (Å²) in [4.78, 5) is 12.8. The molecule has 2 aromatic carbocycles. The van der Waals surface area contributed by atoms with Gasteiger partial charge in [-0.15, -0.1) is 0 Å². The summed E-state index contributed by atoms with van der Waals surface area (Å²) in [7, 11) is 4.65. The molecule has 5 nitrogen and oxygen atoms in total. The Morgan fingerprint density at radius 3 is 2.26 bits per heavy atom. The van der Waals surface area contributed by atoms with Crippen LogP contribution in [0.1, 0.15) is 16.1 Å². The van der Waals surface area contributed by atoms with E-state index in [9.17, 15) is 4.79 Å². The summed E-state index contributed by atoms with van der Waals surface area (Å²) in [6, 6.07) is 12.1. The van der Waals surface area contributed by atoms with Gasteiger partial charge in [-0.3, -0.25) is 4.79 Å². The fourth-order valence-corrected chi connectivity index (χ4v) is 2.38. The van der Waals surface area contributed by atoms with Crippen molar-refractivity contribution < 1.29 is 23.4 Å². The number of hydrogen-bond donors (Lipinski definition) is 0. The lowest BCUT2D eigenvalue weighted by molar-refractivity contribution is 0.101. The number of hydrogen-bond acceptors (Lipinski definition) is 5. The normalized spacial score (nSPS) is 10.6. The zero-order chi connectivity index (χ0) is 16.4. The number of ether oxygens (including phenoxy) is 3. The van der Waals surface area contributed by atoms with Crippen molar-refractivity contribution in [2.24, 2.45) is 0 Å². The SMILES string of the molecule is COc1ccc(OC)c(C(=O)c2cc3cc(OC)ccc3o2)c1. The van der Waals surface area contributed by atoms with Gasteiger partial charge < -0.3 is 18.6 Å². The van der Waals surface area contributed by atoms with Crippen LogP contribution in [0.15, 0.2) is 46.9 Å². The van der Waals surface area contributed by atoms with Gasteiger partial charge >= 0.3 is 0 Å². The molecule has 0 unspecified atom stereocenters. The number of carbonyl (C=O) groups is 1. The van der Waals surface area contributed by atoms with Crippen molar-refractivity contribution in [3.63, 3.8) is 0 Å². The zero-order valence-electron chi connectivity index (χ0n) is 13.1. The van der Waals surface area contributed by atoms with Crippen LogP contribution in [-0.2, 0) is 0 Å². The molecule has 0 aliphatic heterocycles. The first-order valence-corrected chi connectivity index (χ1v) is 7.00. The number of carbonyl (C=O) groups excluding carboxylic acids is 1. The Morgan fingerprint density at radius 1 is 0.870 bits per heavy atom. The van der Waals surface area contributed by atoms with E-state index in [0.717, 1.165) is 5.39 Å². The van der Waals surface area contributed by atoms with Crippen molar-refractivity contribution in [3.05, 3.63) is 53.8 Å². The number of benzene rings is 2. The molecule has 1 heterocycles. The van der Waals surface area contributed by atoms with Crippen LogP contribution in [0.3, 0.4) is 0 Å². The molecule has 0 atom stereocenters. The summed E-state index contributed by atoms with van der Waals surface area (Å²) >= 11 is 0. The monoisotopic (exact) mass is 312 g/mol. The average molecular weight is 312 g/mol. The van der Waals surface area contributed by atoms with E-state index in [0.29, 0.717) is 28.4 Å². The Morgan fingerprint density at radius 2 is 1.57 bits per heavy atom. The standard InChI is InChI=1S/C18H16O5/c1-20-12-4-6-15-11(8-12)9-17(23-15)18(19)14-10-13(21-2)5-7-16(14)22-3/h4-10H,1-3H3. The van der Waals surface area contributed by atoms with Crippen molar-refractivity contribution in [2.45, 2.75) is 0 Å². The second-order valence-corrected chi connectivity index (χ2v) is 4.91. The molecule has 0 N–H and O–H groups in total. The van der Waals surface area contributed by atoms with Crippen molar-refractivity contribution in [2.75, 3.05) is 21.3 Å². The van der Waals surface area contributed by atoms with Crippen LogP contribution in [0.2, 0.25) is 0 Å². The maximum Gasteiger partial charge on any atom is 0.232 e. The predicted molar refractivity (Wildman–Crippen MR) is 85.7 cm³/mol. The van der Waals surface area contributed by atoms with Gasteiger partial charge in [-0.1, -0.05) is 0 Å². The van der Waals surface area contributed by atoms with Gasteiger partial charge in [-0.05, 0) is 42.5 Å². The molecule has 0 amide bonds. The second-order valence-electron chi connectivity index (χ2n) is 4.91. The lowest BCUT2D eigenvalue weighted by Crippen LogP contribution is -2.03. The van der Waals surface area contributed by atoms with E-state index in [1.54, 1.807) is 50.6 Å². The first-order chi connectivity index (χ1) is 11.2. The van der Waals surface area contributed by atoms with Gasteiger partial charge in [-0.25, -0.2) is 0 Å². The molecular weight excluding hydrogens is 296 g/mol. The van der Waals surface area contributed by atoms with Crippen LogP contribution in [0.4, 0.5) is 0 Å². The summed E-state index contributed by atoms with van der Waals surface area (Å²) in [5.74, 6) is 1.72. The summed E-state index contributed by atoms with van der Waals surface area (Å²) in [5.41, 5.74) is 1.01. The number of furan rings is 1. The van der Waals surface area contributed by atoms with E-state index in [2.05, 4.69) is 0 Å². The van der Waals surface area contributed by atoms with Crippen LogP contribution in [0.5, 0.6) is 17.2 Å². The third-order valence-corrected chi connectivity index (χ3v) is 3.60. The Balaban J connectivity index is 2.06. The molecular formula is C18H16O5. The van der Waals surface area contributed by atoms with Gasteiger partial charge in [0.1, 0.15) is 22.8 Å². The molecule has 23 heavy (non-hydrogen) atoms. The molecule has 3 rings (SSSR count). The number of fused-ring (bicyclic) bond motifs is 1. The van der Waals surface area contributed by atoms with Gasteiger partial charge in [0.2, 0.25) is 5.78 Å². The van der Waals surface area contributed by atoms with Crippen molar-refractivity contribution in [1.82, 2.24) is 0 Å². The molecule has 0 radical (unpaired) electrons. The molecule has 0 saturated heterocycles. The van der Waals surface area contributed by atoms with E-state index in [4.69, 9.17) is 18.6 Å². The number of methoxy groups -OCH3 is 3. The topological polar surface area (TPSA) is 57.9 Å². The van der Waals surface area contributed by atoms with E-state index < -0.39 is 0 Å². The Labute approximate surface area is 133 Å². The highest BCUT2D eigenvalue weighted by Crippen LogP contribution is 2.30. The molecule has 5 heteroatoms. The Hall–Kier alpha value is -2.95. The summed E-state index contributed by atoms with van der Waals surface area (Å²) in [6.07, 6.45) is 0. The maximum atomic E-state index is 12.8. The van der Waals surface area contributed by atoms with E-state index in [-0.39, 0.29) is 11.5 Å². The molecule has 0 aliphatic rings. The first-order valence-electron chi connectivity index (χ1n) is 7.00. The molecule has 0 bridgehead atoms. The molecule has 1 aromatic heterocycles. The fraction of sp³-hybridized carbons (Fsp3) is 0.167. The van der Waals surface area contributed by atoms with Crippen LogP contribution < -0.4 is 14.2 Å². The minimum Gasteiger partial charge on any atom is -0.497 e. The van der Waals surface area contributed by atoms with Gasteiger partial charge in [0.15, 0.2) is 5.76 Å². The minimum atomic E-state index is -0.268. The van der Waals surface area contributed by atoms with Crippen LogP contribution in [0, 0.1) is 0 Å². The van der Waals surface area contributed by atoms with Crippen molar-refractivity contribution in [1.29, 1.82) is 0 Å². The second kappa shape index (κ2) is 6.04. The minimum absolute atomic E-state index is 0.236. The molecule has 0 aliphatic carbocycles. The third kappa shape index (κ3) is 2.73. The lowest BCUT2D eigenvalue weighted by atomic mass is 10.1. The highest BCUT2D eigenvalue weighted by atomic mass is 16.5. The number of ketones is 1. The Kier molecular flexibility index (Phi) is 3.93. The summed E-state index contributed by atoms with van der Waals surface area (Å²) in [6.45, 7) is 0. The van der Waals surface area contributed by atoms with Crippen LogP contribution in [0.25, 0.3) is 11.0 Å². The van der Waals surface area contributed by atoms with Gasteiger partial charge in [0.05, 0.1) is 26.9 Å². The highest BCUT2D eigenvalue weighted by Gasteiger charge is 2.19. The van der Waals surface area contributed by atoms with E-state index >= 15 is 0 Å². The largest absolute Gasteiger partial charge is 0.497 e. The fourth-order valence-electron chi connectivity index (χ4n) is 2.38.